The standard InChI is InChI=1S/C18H17BrFN3O/c1-12(2)23(16-8-6-15(20)7-9-16)11-17-21-22-18(24-17)13-4-3-5-14(19)10-13/h3-10,12H,11H2,1-2H3. The van der Waals surface area contributed by atoms with Gasteiger partial charge in [-0.3, -0.25) is 0 Å². The maximum absolute atomic E-state index is 13.1. The highest BCUT2D eigenvalue weighted by molar-refractivity contribution is 9.10. The summed E-state index contributed by atoms with van der Waals surface area (Å²) in [7, 11) is 0. The number of nitrogens with zero attached hydrogens (tertiary/aromatic N) is 3. The molecule has 0 radical (unpaired) electrons. The fourth-order valence-electron chi connectivity index (χ4n) is 2.41. The third-order valence-corrected chi connectivity index (χ3v) is 4.12. The van der Waals surface area contributed by atoms with Crippen LogP contribution in [-0.2, 0) is 6.54 Å². The van der Waals surface area contributed by atoms with Crippen molar-refractivity contribution in [2.45, 2.75) is 26.4 Å². The van der Waals surface area contributed by atoms with Gasteiger partial charge in [-0.1, -0.05) is 22.0 Å². The van der Waals surface area contributed by atoms with Crippen LogP contribution in [0.25, 0.3) is 11.5 Å². The second kappa shape index (κ2) is 7.13. The Labute approximate surface area is 148 Å². The fraction of sp³-hybridized carbons (Fsp3) is 0.222. The van der Waals surface area contributed by atoms with Gasteiger partial charge in [0.05, 0.1) is 6.54 Å². The maximum Gasteiger partial charge on any atom is 0.247 e. The first-order valence-corrected chi connectivity index (χ1v) is 8.43. The lowest BCUT2D eigenvalue weighted by Gasteiger charge is -2.27. The lowest BCUT2D eigenvalue weighted by atomic mass is 10.2. The minimum Gasteiger partial charge on any atom is -0.419 e. The summed E-state index contributed by atoms with van der Waals surface area (Å²) in [5.41, 5.74) is 1.77. The van der Waals surface area contributed by atoms with Crippen LogP contribution in [0.5, 0.6) is 0 Å². The second-order valence-electron chi connectivity index (χ2n) is 5.71. The summed E-state index contributed by atoms with van der Waals surface area (Å²) in [5, 5.41) is 8.26. The second-order valence-corrected chi connectivity index (χ2v) is 6.63. The summed E-state index contributed by atoms with van der Waals surface area (Å²) in [4.78, 5) is 2.08. The van der Waals surface area contributed by atoms with E-state index in [0.29, 0.717) is 18.3 Å². The van der Waals surface area contributed by atoms with Crippen LogP contribution in [0, 0.1) is 5.82 Å². The summed E-state index contributed by atoms with van der Waals surface area (Å²) >= 11 is 3.43. The zero-order chi connectivity index (χ0) is 17.1. The molecule has 1 aromatic heterocycles. The molecule has 2 aromatic carbocycles. The maximum atomic E-state index is 13.1. The molecule has 24 heavy (non-hydrogen) atoms. The molecule has 0 saturated heterocycles. The van der Waals surface area contributed by atoms with E-state index in [1.807, 2.05) is 24.3 Å². The highest BCUT2D eigenvalue weighted by Crippen LogP contribution is 2.24. The van der Waals surface area contributed by atoms with E-state index in [1.165, 1.54) is 12.1 Å². The fourth-order valence-corrected chi connectivity index (χ4v) is 2.81. The number of halogens is 2. The van der Waals surface area contributed by atoms with Crippen molar-refractivity contribution in [2.75, 3.05) is 4.90 Å². The van der Waals surface area contributed by atoms with E-state index < -0.39 is 0 Å². The molecule has 3 rings (SSSR count). The molecule has 0 unspecified atom stereocenters. The minimum absolute atomic E-state index is 0.205. The first-order valence-electron chi connectivity index (χ1n) is 7.63. The van der Waals surface area contributed by atoms with Crippen molar-refractivity contribution in [3.05, 3.63) is 64.7 Å². The molecule has 0 amide bonds. The van der Waals surface area contributed by atoms with Crippen molar-refractivity contribution in [2.24, 2.45) is 0 Å². The van der Waals surface area contributed by atoms with E-state index in [0.717, 1.165) is 15.7 Å². The number of anilines is 1. The molecule has 0 fully saturated rings. The number of aromatic nitrogens is 2. The van der Waals surface area contributed by atoms with Gasteiger partial charge in [-0.25, -0.2) is 4.39 Å². The van der Waals surface area contributed by atoms with Crippen LogP contribution in [0.1, 0.15) is 19.7 Å². The Kier molecular flexibility index (Phi) is 4.94. The Morgan fingerprint density at radius 3 is 2.54 bits per heavy atom. The predicted octanol–water partition coefficient (Wildman–Crippen LogP) is 5.05. The third-order valence-electron chi connectivity index (χ3n) is 3.63. The van der Waals surface area contributed by atoms with Crippen molar-refractivity contribution < 1.29 is 8.81 Å². The first-order chi connectivity index (χ1) is 11.5. The molecule has 0 aliphatic heterocycles. The predicted molar refractivity (Wildman–Crippen MR) is 95.2 cm³/mol. The van der Waals surface area contributed by atoms with Gasteiger partial charge in [-0.05, 0) is 56.3 Å². The van der Waals surface area contributed by atoms with Crippen molar-refractivity contribution >= 4 is 21.6 Å². The molecule has 1 heterocycles. The Hall–Kier alpha value is -2.21. The normalized spacial score (nSPS) is 11.0. The zero-order valence-corrected chi connectivity index (χ0v) is 15.0. The minimum atomic E-state index is -0.253. The van der Waals surface area contributed by atoms with Crippen LogP contribution in [-0.4, -0.2) is 16.2 Å². The van der Waals surface area contributed by atoms with Gasteiger partial charge in [0, 0.05) is 21.8 Å². The number of hydrogen-bond acceptors (Lipinski definition) is 4. The van der Waals surface area contributed by atoms with E-state index >= 15 is 0 Å². The summed E-state index contributed by atoms with van der Waals surface area (Å²) < 4.78 is 19.9. The number of rotatable bonds is 5. The van der Waals surface area contributed by atoms with Gasteiger partial charge in [-0.2, -0.15) is 0 Å². The Morgan fingerprint density at radius 2 is 1.88 bits per heavy atom. The number of hydrogen-bond donors (Lipinski definition) is 0. The smallest absolute Gasteiger partial charge is 0.247 e. The van der Waals surface area contributed by atoms with Gasteiger partial charge < -0.3 is 9.32 Å². The summed E-state index contributed by atoms with van der Waals surface area (Å²) in [5.74, 6) is 0.745. The van der Waals surface area contributed by atoms with Crippen molar-refractivity contribution in [1.82, 2.24) is 10.2 Å². The number of benzene rings is 2. The molecule has 0 bridgehead atoms. The lowest BCUT2D eigenvalue weighted by Crippen LogP contribution is -2.30. The van der Waals surface area contributed by atoms with Gasteiger partial charge in [0.2, 0.25) is 11.8 Å². The molecule has 6 heteroatoms. The largest absolute Gasteiger partial charge is 0.419 e. The SMILES string of the molecule is CC(C)N(Cc1nnc(-c2cccc(Br)c2)o1)c1ccc(F)cc1. The quantitative estimate of drug-likeness (QED) is 0.611. The zero-order valence-electron chi connectivity index (χ0n) is 13.4. The van der Waals surface area contributed by atoms with E-state index in [1.54, 1.807) is 12.1 Å². The van der Waals surface area contributed by atoms with Gasteiger partial charge >= 0.3 is 0 Å². The van der Waals surface area contributed by atoms with Crippen LogP contribution < -0.4 is 4.90 Å². The molecule has 0 spiro atoms. The lowest BCUT2D eigenvalue weighted by molar-refractivity contribution is 0.488. The highest BCUT2D eigenvalue weighted by Gasteiger charge is 2.16. The molecule has 0 N–H and O–H groups in total. The summed E-state index contributed by atoms with van der Waals surface area (Å²) in [6, 6.07) is 14.3. The van der Waals surface area contributed by atoms with Crippen LogP contribution in [0.15, 0.2) is 57.4 Å². The van der Waals surface area contributed by atoms with Gasteiger partial charge in [-0.15, -0.1) is 10.2 Å². The van der Waals surface area contributed by atoms with Gasteiger partial charge in [0.1, 0.15) is 5.82 Å². The molecule has 3 aromatic rings. The van der Waals surface area contributed by atoms with E-state index in [2.05, 4.69) is 44.9 Å². The molecular weight excluding hydrogens is 373 g/mol. The van der Waals surface area contributed by atoms with E-state index in [-0.39, 0.29) is 11.9 Å². The van der Waals surface area contributed by atoms with Gasteiger partial charge in [0.15, 0.2) is 0 Å². The van der Waals surface area contributed by atoms with Crippen molar-refractivity contribution in [1.29, 1.82) is 0 Å². The third kappa shape index (κ3) is 3.82. The highest BCUT2D eigenvalue weighted by atomic mass is 79.9. The topological polar surface area (TPSA) is 42.2 Å². The van der Waals surface area contributed by atoms with E-state index in [9.17, 15) is 4.39 Å². The molecular formula is C18H17BrFN3O. The van der Waals surface area contributed by atoms with Crippen LogP contribution in [0.4, 0.5) is 10.1 Å². The molecule has 0 saturated carbocycles. The first kappa shape index (κ1) is 16.6. The van der Waals surface area contributed by atoms with Crippen LogP contribution in [0.2, 0.25) is 0 Å². The average Bonchev–Trinajstić information content (AvgIpc) is 3.02. The monoisotopic (exact) mass is 389 g/mol. The summed E-state index contributed by atoms with van der Waals surface area (Å²) in [6.45, 7) is 4.59. The van der Waals surface area contributed by atoms with Gasteiger partial charge in [0.25, 0.3) is 0 Å². The molecule has 0 aliphatic rings. The Morgan fingerprint density at radius 1 is 1.12 bits per heavy atom. The van der Waals surface area contributed by atoms with Crippen LogP contribution >= 0.6 is 15.9 Å². The van der Waals surface area contributed by atoms with E-state index in [4.69, 9.17) is 4.42 Å². The molecule has 0 aliphatic carbocycles. The molecule has 124 valence electrons. The average molecular weight is 390 g/mol. The molecule has 0 atom stereocenters. The molecule has 4 nitrogen and oxygen atoms in total. The Balaban J connectivity index is 1.82. The van der Waals surface area contributed by atoms with Crippen molar-refractivity contribution in [3.8, 4) is 11.5 Å². The van der Waals surface area contributed by atoms with Crippen LogP contribution in [0.3, 0.4) is 0 Å². The van der Waals surface area contributed by atoms with Crippen molar-refractivity contribution in [3.63, 3.8) is 0 Å². The Bertz CT molecular complexity index is 817. The summed E-state index contributed by atoms with van der Waals surface area (Å²) in [6.07, 6.45) is 0.